The highest BCUT2D eigenvalue weighted by Gasteiger charge is 2.32. The Morgan fingerprint density at radius 1 is 1.50 bits per heavy atom. The molecule has 0 amide bonds. The summed E-state index contributed by atoms with van der Waals surface area (Å²) >= 11 is 0. The predicted molar refractivity (Wildman–Crippen MR) is 45.4 cm³/mol. The number of aliphatic carboxylic acids is 1. The van der Waals surface area contributed by atoms with Crippen LogP contribution in [0.1, 0.15) is 13.3 Å². The van der Waals surface area contributed by atoms with Crippen molar-refractivity contribution in [2.75, 3.05) is 7.05 Å². The first-order valence-electron chi connectivity index (χ1n) is 3.74. The molecule has 0 saturated carbocycles. The van der Waals surface area contributed by atoms with Crippen LogP contribution in [0, 0.1) is 0 Å². The van der Waals surface area contributed by atoms with Gasteiger partial charge in [0.2, 0.25) is 0 Å². The fraction of sp³-hybridized carbons (Fsp3) is 0.500. The van der Waals surface area contributed by atoms with Crippen LogP contribution >= 0.6 is 0 Å². The highest BCUT2D eigenvalue weighted by molar-refractivity contribution is 6.19. The lowest BCUT2D eigenvalue weighted by molar-refractivity contribution is -0.132. The third-order valence-electron chi connectivity index (χ3n) is 1.47. The monoisotopic (exact) mass is 209 g/mol. The number of hydrogen-bond acceptors (Lipinski definition) is 2. The Morgan fingerprint density at radius 2 is 2.00 bits per heavy atom. The minimum absolute atomic E-state index is 0.412. The molecule has 1 N–H and O–H groups in total. The van der Waals surface area contributed by atoms with E-state index in [-0.39, 0.29) is 0 Å². The van der Waals surface area contributed by atoms with Gasteiger partial charge in [0.1, 0.15) is 0 Å². The smallest absolute Gasteiger partial charge is 0.394 e. The van der Waals surface area contributed by atoms with Gasteiger partial charge in [-0.2, -0.15) is 13.2 Å². The third kappa shape index (κ3) is 4.06. The lowest BCUT2D eigenvalue weighted by Crippen LogP contribution is -2.20. The van der Waals surface area contributed by atoms with E-state index in [2.05, 4.69) is 4.99 Å². The number of carboxylic acids is 1. The van der Waals surface area contributed by atoms with E-state index in [9.17, 15) is 18.0 Å². The van der Waals surface area contributed by atoms with Crippen molar-refractivity contribution < 1.29 is 23.1 Å². The predicted octanol–water partition coefficient (Wildman–Crippen LogP) is 2.04. The number of alkyl halides is 3. The molecule has 0 heterocycles. The second-order valence-corrected chi connectivity index (χ2v) is 2.47. The van der Waals surface area contributed by atoms with Crippen LogP contribution in [0.2, 0.25) is 0 Å². The average molecular weight is 209 g/mol. The van der Waals surface area contributed by atoms with Gasteiger partial charge in [0.25, 0.3) is 0 Å². The minimum atomic E-state index is -4.45. The standard InChI is InChI=1S/C8H10F3NO2/c1-3-5(7(13)14)6(12-2)4-8(9,10)11/h3H,4H2,1-2H3,(H,13,14)/b5-3+,12-6?. The van der Waals surface area contributed by atoms with Gasteiger partial charge in [-0.3, -0.25) is 4.99 Å². The van der Waals surface area contributed by atoms with Crippen molar-refractivity contribution >= 4 is 11.7 Å². The first-order valence-corrected chi connectivity index (χ1v) is 3.74. The van der Waals surface area contributed by atoms with Crippen molar-refractivity contribution in [2.24, 2.45) is 4.99 Å². The molecule has 80 valence electrons. The van der Waals surface area contributed by atoms with Crippen LogP contribution in [0.15, 0.2) is 16.6 Å². The summed E-state index contributed by atoms with van der Waals surface area (Å²) in [5.74, 6) is -1.41. The summed E-state index contributed by atoms with van der Waals surface area (Å²) in [6, 6.07) is 0. The number of aliphatic imine (C=N–C) groups is 1. The Balaban J connectivity index is 4.84. The Morgan fingerprint density at radius 3 is 2.21 bits per heavy atom. The number of carbonyl (C=O) groups is 1. The molecule has 0 aromatic carbocycles. The molecule has 0 fully saturated rings. The van der Waals surface area contributed by atoms with Crippen LogP contribution in [-0.2, 0) is 4.79 Å². The van der Waals surface area contributed by atoms with E-state index in [1.807, 2.05) is 0 Å². The highest BCUT2D eigenvalue weighted by Crippen LogP contribution is 2.22. The number of rotatable bonds is 3. The normalized spacial score (nSPS) is 14.4. The van der Waals surface area contributed by atoms with Crippen molar-refractivity contribution in [3.05, 3.63) is 11.6 Å². The van der Waals surface area contributed by atoms with E-state index in [1.165, 1.54) is 6.92 Å². The van der Waals surface area contributed by atoms with E-state index in [1.54, 1.807) is 0 Å². The van der Waals surface area contributed by atoms with E-state index >= 15 is 0 Å². The Kier molecular flexibility index (Phi) is 4.33. The molecule has 0 atom stereocenters. The molecule has 0 radical (unpaired) electrons. The maximum absolute atomic E-state index is 12.0. The van der Waals surface area contributed by atoms with Crippen molar-refractivity contribution in [2.45, 2.75) is 19.5 Å². The van der Waals surface area contributed by atoms with Gasteiger partial charge in [0.15, 0.2) is 0 Å². The van der Waals surface area contributed by atoms with Gasteiger partial charge in [0.05, 0.1) is 17.7 Å². The molecule has 0 aliphatic heterocycles. The summed E-state index contributed by atoms with van der Waals surface area (Å²) in [4.78, 5) is 13.8. The maximum Gasteiger partial charge on any atom is 0.394 e. The zero-order valence-electron chi connectivity index (χ0n) is 7.72. The van der Waals surface area contributed by atoms with Crippen LogP contribution in [0.25, 0.3) is 0 Å². The molecule has 0 spiro atoms. The van der Waals surface area contributed by atoms with Crippen molar-refractivity contribution in [1.82, 2.24) is 0 Å². The fourth-order valence-corrected chi connectivity index (χ4v) is 0.898. The number of carboxylic acid groups (broad SMARTS) is 1. The third-order valence-corrected chi connectivity index (χ3v) is 1.47. The molecular formula is C8H10F3NO2. The first-order chi connectivity index (χ1) is 6.31. The van der Waals surface area contributed by atoms with Gasteiger partial charge in [-0.1, -0.05) is 6.08 Å². The van der Waals surface area contributed by atoms with E-state index < -0.39 is 29.9 Å². The molecule has 0 aromatic rings. The SMILES string of the molecule is C/C=C(/C(=O)O)C(CC(F)(F)F)=NC. The molecule has 3 nitrogen and oxygen atoms in total. The Labute approximate surface area is 79.0 Å². The van der Waals surface area contributed by atoms with Crippen LogP contribution in [0.4, 0.5) is 13.2 Å². The molecule has 0 aliphatic carbocycles. The molecule has 0 bridgehead atoms. The van der Waals surface area contributed by atoms with Crippen LogP contribution in [0.5, 0.6) is 0 Å². The van der Waals surface area contributed by atoms with Gasteiger partial charge in [-0.15, -0.1) is 0 Å². The molecule has 0 saturated heterocycles. The van der Waals surface area contributed by atoms with Crippen molar-refractivity contribution in [1.29, 1.82) is 0 Å². The summed E-state index contributed by atoms with van der Waals surface area (Å²) in [5.41, 5.74) is -0.877. The molecule has 0 rings (SSSR count). The Hall–Kier alpha value is -1.33. The minimum Gasteiger partial charge on any atom is -0.478 e. The van der Waals surface area contributed by atoms with E-state index in [0.717, 1.165) is 13.1 Å². The summed E-state index contributed by atoms with van der Waals surface area (Å²) in [6.45, 7) is 1.35. The number of hydrogen-bond donors (Lipinski definition) is 1. The van der Waals surface area contributed by atoms with Gasteiger partial charge in [-0.05, 0) is 6.92 Å². The molecule has 0 unspecified atom stereocenters. The Bertz CT molecular complexity index is 279. The first kappa shape index (κ1) is 12.7. The molecule has 6 heteroatoms. The average Bonchev–Trinajstić information content (AvgIpc) is 2.00. The second kappa shape index (κ2) is 4.78. The van der Waals surface area contributed by atoms with Crippen molar-refractivity contribution in [3.63, 3.8) is 0 Å². The summed E-state index contributed by atoms with van der Waals surface area (Å²) in [5, 5.41) is 8.56. The summed E-state index contributed by atoms with van der Waals surface area (Å²) in [6.07, 6.45) is -4.68. The maximum atomic E-state index is 12.0. The van der Waals surface area contributed by atoms with Crippen molar-refractivity contribution in [3.8, 4) is 0 Å². The van der Waals surface area contributed by atoms with Gasteiger partial charge in [0, 0.05) is 7.05 Å². The van der Waals surface area contributed by atoms with Crippen LogP contribution in [0.3, 0.4) is 0 Å². The number of allylic oxidation sites excluding steroid dienone is 1. The number of nitrogens with zero attached hydrogens (tertiary/aromatic N) is 1. The molecule has 14 heavy (non-hydrogen) atoms. The van der Waals surface area contributed by atoms with Crippen LogP contribution in [-0.4, -0.2) is 30.0 Å². The van der Waals surface area contributed by atoms with E-state index in [0.29, 0.717) is 0 Å². The van der Waals surface area contributed by atoms with Gasteiger partial charge < -0.3 is 5.11 Å². The van der Waals surface area contributed by atoms with Gasteiger partial charge >= 0.3 is 12.1 Å². The summed E-state index contributed by atoms with van der Waals surface area (Å²) < 4.78 is 35.9. The fourth-order valence-electron chi connectivity index (χ4n) is 0.898. The quantitative estimate of drug-likeness (QED) is 0.571. The zero-order valence-corrected chi connectivity index (χ0v) is 7.72. The van der Waals surface area contributed by atoms with Crippen LogP contribution < -0.4 is 0 Å². The zero-order chi connectivity index (χ0) is 11.4. The van der Waals surface area contributed by atoms with Gasteiger partial charge in [-0.25, -0.2) is 4.79 Å². The largest absolute Gasteiger partial charge is 0.478 e. The molecular weight excluding hydrogens is 199 g/mol. The van der Waals surface area contributed by atoms with E-state index in [4.69, 9.17) is 5.11 Å². The number of halogens is 3. The molecule has 0 aliphatic rings. The highest BCUT2D eigenvalue weighted by atomic mass is 19.4. The molecule has 0 aromatic heterocycles. The second-order valence-electron chi connectivity index (χ2n) is 2.47. The lowest BCUT2D eigenvalue weighted by atomic mass is 10.1. The topological polar surface area (TPSA) is 49.7 Å². The lowest BCUT2D eigenvalue weighted by Gasteiger charge is -2.09. The summed E-state index contributed by atoms with van der Waals surface area (Å²) in [7, 11) is 1.13.